The van der Waals surface area contributed by atoms with Gasteiger partial charge in [-0.1, -0.05) is 0 Å². The van der Waals surface area contributed by atoms with Gasteiger partial charge in [-0.2, -0.15) is 0 Å². The molecule has 0 bridgehead atoms. The van der Waals surface area contributed by atoms with Gasteiger partial charge >= 0.3 is 0 Å². The second-order valence-corrected chi connectivity index (χ2v) is 5.28. The number of aliphatic hydroxyl groups is 1. The van der Waals surface area contributed by atoms with Gasteiger partial charge in [-0.15, -0.1) is 0 Å². The summed E-state index contributed by atoms with van der Waals surface area (Å²) in [6, 6.07) is 1.27. The molecule has 1 saturated heterocycles. The molecule has 1 aromatic heterocycles. The Morgan fingerprint density at radius 2 is 2.26 bits per heavy atom. The van der Waals surface area contributed by atoms with Gasteiger partial charge in [-0.3, -0.25) is 14.9 Å². The Morgan fingerprint density at radius 1 is 1.58 bits per heavy atom. The summed E-state index contributed by atoms with van der Waals surface area (Å²) in [5, 5.41) is 20.7. The van der Waals surface area contributed by atoms with Crippen molar-refractivity contribution in [3.05, 3.63) is 28.1 Å². The van der Waals surface area contributed by atoms with Gasteiger partial charge in [-0.05, 0) is 19.8 Å². The Labute approximate surface area is 110 Å². The molecule has 1 aromatic rings. The first kappa shape index (κ1) is 13.5. The maximum Gasteiger partial charge on any atom is 0.287 e. The van der Waals surface area contributed by atoms with E-state index in [9.17, 15) is 20.0 Å². The number of nitrogens with zero attached hydrogens (tertiary/aromatic N) is 3. The van der Waals surface area contributed by atoms with Crippen molar-refractivity contribution in [1.82, 2.24) is 9.47 Å². The Balaban J connectivity index is 2.22. The molecule has 1 aliphatic rings. The highest BCUT2D eigenvalue weighted by Crippen LogP contribution is 2.23. The molecule has 0 radical (unpaired) electrons. The highest BCUT2D eigenvalue weighted by atomic mass is 16.6. The van der Waals surface area contributed by atoms with Crippen LogP contribution >= 0.6 is 0 Å². The van der Waals surface area contributed by atoms with Crippen molar-refractivity contribution in [2.24, 2.45) is 7.05 Å². The van der Waals surface area contributed by atoms with Crippen LogP contribution in [-0.4, -0.2) is 44.1 Å². The molecule has 2 heterocycles. The van der Waals surface area contributed by atoms with E-state index in [1.54, 1.807) is 18.9 Å². The predicted octanol–water partition coefficient (Wildman–Crippen LogP) is 0.920. The maximum absolute atomic E-state index is 12.3. The molecule has 2 rings (SSSR count). The minimum atomic E-state index is -0.884. The van der Waals surface area contributed by atoms with E-state index < -0.39 is 10.5 Å². The summed E-state index contributed by atoms with van der Waals surface area (Å²) in [6.07, 6.45) is 2.70. The summed E-state index contributed by atoms with van der Waals surface area (Å²) >= 11 is 0. The first-order valence-electron chi connectivity index (χ1n) is 6.12. The molecular weight excluding hydrogens is 250 g/mol. The number of rotatable bonds is 2. The Bertz CT molecular complexity index is 521. The van der Waals surface area contributed by atoms with E-state index in [0.29, 0.717) is 13.0 Å². The Hall–Kier alpha value is -1.89. The van der Waals surface area contributed by atoms with Gasteiger partial charge in [0, 0.05) is 26.2 Å². The minimum absolute atomic E-state index is 0.102. The SMILES string of the molecule is Cn1cc([N+](=O)[O-])cc1C(=O)N1CCCC(C)(O)C1. The van der Waals surface area contributed by atoms with Crippen molar-refractivity contribution >= 4 is 11.6 Å². The summed E-state index contributed by atoms with van der Waals surface area (Å²) in [6.45, 7) is 2.51. The van der Waals surface area contributed by atoms with Crippen LogP contribution in [0.15, 0.2) is 12.3 Å². The molecule has 1 unspecified atom stereocenters. The van der Waals surface area contributed by atoms with Crippen molar-refractivity contribution in [1.29, 1.82) is 0 Å². The van der Waals surface area contributed by atoms with Gasteiger partial charge in [0.2, 0.25) is 0 Å². The number of hydrogen-bond donors (Lipinski definition) is 1. The van der Waals surface area contributed by atoms with Crippen molar-refractivity contribution in [2.75, 3.05) is 13.1 Å². The van der Waals surface area contributed by atoms with Gasteiger partial charge in [0.25, 0.3) is 11.6 Å². The maximum atomic E-state index is 12.3. The van der Waals surface area contributed by atoms with Gasteiger partial charge in [0.1, 0.15) is 5.69 Å². The highest BCUT2D eigenvalue weighted by Gasteiger charge is 2.32. The molecule has 0 aliphatic carbocycles. The normalized spacial score (nSPS) is 23.4. The van der Waals surface area contributed by atoms with Gasteiger partial charge < -0.3 is 14.6 Å². The fourth-order valence-corrected chi connectivity index (χ4v) is 2.41. The molecule has 1 amide bonds. The predicted molar refractivity (Wildman–Crippen MR) is 67.8 cm³/mol. The molecule has 0 saturated carbocycles. The smallest absolute Gasteiger partial charge is 0.287 e. The standard InChI is InChI=1S/C12H17N3O4/c1-12(17)4-3-5-14(8-12)11(16)10-6-9(15(18)19)7-13(10)2/h6-7,17H,3-5,8H2,1-2H3. The Morgan fingerprint density at radius 3 is 2.79 bits per heavy atom. The molecule has 19 heavy (non-hydrogen) atoms. The van der Waals surface area contributed by atoms with Crippen molar-refractivity contribution in [3.63, 3.8) is 0 Å². The molecule has 0 aromatic carbocycles. The van der Waals surface area contributed by atoms with Crippen molar-refractivity contribution in [3.8, 4) is 0 Å². The number of nitro groups is 1. The van der Waals surface area contributed by atoms with E-state index in [2.05, 4.69) is 0 Å². The summed E-state index contributed by atoms with van der Waals surface area (Å²) < 4.78 is 1.45. The Kier molecular flexibility index (Phi) is 3.32. The van der Waals surface area contributed by atoms with Crippen LogP contribution in [0.3, 0.4) is 0 Å². The minimum Gasteiger partial charge on any atom is -0.388 e. The van der Waals surface area contributed by atoms with Crippen LogP contribution in [-0.2, 0) is 7.05 Å². The fourth-order valence-electron chi connectivity index (χ4n) is 2.41. The third-order valence-corrected chi connectivity index (χ3v) is 3.38. The second kappa shape index (κ2) is 4.65. The van der Waals surface area contributed by atoms with Crippen LogP contribution in [0.4, 0.5) is 5.69 Å². The molecule has 1 N–H and O–H groups in total. The number of piperidine rings is 1. The summed E-state index contributed by atoms with van der Waals surface area (Å²) in [4.78, 5) is 24.0. The summed E-state index contributed by atoms with van der Waals surface area (Å²) in [5.41, 5.74) is -0.718. The van der Waals surface area contributed by atoms with Crippen LogP contribution in [0, 0.1) is 10.1 Å². The van der Waals surface area contributed by atoms with Crippen molar-refractivity contribution in [2.45, 2.75) is 25.4 Å². The van der Waals surface area contributed by atoms with E-state index in [-0.39, 0.29) is 23.8 Å². The molecule has 1 fully saturated rings. The zero-order chi connectivity index (χ0) is 14.2. The van der Waals surface area contributed by atoms with E-state index in [1.807, 2.05) is 0 Å². The van der Waals surface area contributed by atoms with E-state index in [0.717, 1.165) is 6.42 Å². The van der Waals surface area contributed by atoms with Crippen molar-refractivity contribution < 1.29 is 14.8 Å². The first-order chi connectivity index (χ1) is 8.80. The number of aryl methyl sites for hydroxylation is 1. The third kappa shape index (κ3) is 2.76. The number of likely N-dealkylation sites (tertiary alicyclic amines) is 1. The zero-order valence-electron chi connectivity index (χ0n) is 11.0. The molecule has 0 spiro atoms. The molecule has 1 atom stereocenters. The summed E-state index contributed by atoms with van der Waals surface area (Å²) in [7, 11) is 1.60. The number of hydrogen-bond acceptors (Lipinski definition) is 4. The number of carbonyl (C=O) groups is 1. The molecular formula is C12H17N3O4. The average Bonchev–Trinajstić information content (AvgIpc) is 2.69. The largest absolute Gasteiger partial charge is 0.388 e. The number of β-amino-alcohol motifs (C(OH)–C–C–N with tert-alkyl or cyclic N) is 1. The number of carbonyl (C=O) groups excluding carboxylic acids is 1. The van der Waals surface area contributed by atoms with E-state index in [4.69, 9.17) is 0 Å². The lowest BCUT2D eigenvalue weighted by molar-refractivity contribution is -0.384. The lowest BCUT2D eigenvalue weighted by Gasteiger charge is -2.36. The van der Waals surface area contributed by atoms with E-state index >= 15 is 0 Å². The first-order valence-corrected chi connectivity index (χ1v) is 6.12. The lowest BCUT2D eigenvalue weighted by atomic mass is 9.95. The van der Waals surface area contributed by atoms with Crippen LogP contribution in [0.2, 0.25) is 0 Å². The summed E-state index contributed by atoms with van der Waals surface area (Å²) in [5.74, 6) is -0.282. The molecule has 1 aliphatic heterocycles. The van der Waals surface area contributed by atoms with Gasteiger partial charge in [0.05, 0.1) is 16.7 Å². The van der Waals surface area contributed by atoms with Crippen LogP contribution < -0.4 is 0 Å². The van der Waals surface area contributed by atoms with Crippen LogP contribution in [0.5, 0.6) is 0 Å². The zero-order valence-corrected chi connectivity index (χ0v) is 11.0. The highest BCUT2D eigenvalue weighted by molar-refractivity contribution is 5.93. The molecule has 7 nitrogen and oxygen atoms in total. The fraction of sp³-hybridized carbons (Fsp3) is 0.583. The quantitative estimate of drug-likeness (QED) is 0.637. The third-order valence-electron chi connectivity index (χ3n) is 3.38. The van der Waals surface area contributed by atoms with Crippen LogP contribution in [0.1, 0.15) is 30.3 Å². The number of aromatic nitrogens is 1. The second-order valence-electron chi connectivity index (χ2n) is 5.28. The van der Waals surface area contributed by atoms with E-state index in [1.165, 1.54) is 16.8 Å². The molecule has 7 heteroatoms. The molecule has 104 valence electrons. The van der Waals surface area contributed by atoms with Gasteiger partial charge in [-0.25, -0.2) is 0 Å². The number of amides is 1. The lowest BCUT2D eigenvalue weighted by Crippen LogP contribution is -2.48. The average molecular weight is 267 g/mol. The van der Waals surface area contributed by atoms with Crippen LogP contribution in [0.25, 0.3) is 0 Å². The topological polar surface area (TPSA) is 88.6 Å². The van der Waals surface area contributed by atoms with Gasteiger partial charge in [0.15, 0.2) is 0 Å². The monoisotopic (exact) mass is 267 g/mol.